The Morgan fingerprint density at radius 2 is 1.78 bits per heavy atom. The largest absolute Gasteiger partial charge is 0.466 e. The van der Waals surface area contributed by atoms with Crippen molar-refractivity contribution in [2.45, 2.75) is 38.8 Å². The van der Waals surface area contributed by atoms with Crippen molar-refractivity contribution >= 4 is 29.2 Å². The summed E-state index contributed by atoms with van der Waals surface area (Å²) in [4.78, 5) is 37.5. The van der Waals surface area contributed by atoms with Gasteiger partial charge in [0.25, 0.3) is 5.69 Å². The minimum absolute atomic E-state index is 0.0307. The quantitative estimate of drug-likeness (QED) is 0.318. The van der Waals surface area contributed by atoms with E-state index in [4.69, 9.17) is 21.1 Å². The number of esters is 2. The molecule has 2 atom stereocenters. The summed E-state index contributed by atoms with van der Waals surface area (Å²) < 4.78 is 10.6. The number of nitrogens with one attached hydrogen (secondary N) is 2. The van der Waals surface area contributed by atoms with E-state index < -0.39 is 22.8 Å². The maximum Gasteiger partial charge on any atom is 0.336 e. The molecule has 2 aromatic carbocycles. The first kappa shape index (κ1) is 25.4. The summed E-state index contributed by atoms with van der Waals surface area (Å²) in [5.74, 6) is -2.58. The summed E-state index contributed by atoms with van der Waals surface area (Å²) in [7, 11) is 1.20. The smallest absolute Gasteiger partial charge is 0.336 e. The highest BCUT2D eigenvalue weighted by Gasteiger charge is 2.42. The van der Waals surface area contributed by atoms with E-state index in [9.17, 15) is 19.7 Å². The Balaban J connectivity index is 1.67. The Bertz CT molecular complexity index is 1300. The van der Waals surface area contributed by atoms with Crippen molar-refractivity contribution in [2.24, 2.45) is 0 Å². The van der Waals surface area contributed by atoms with Crippen LogP contribution in [0.2, 0.25) is 5.02 Å². The zero-order valence-corrected chi connectivity index (χ0v) is 20.8. The number of nitro benzene ring substituents is 1. The van der Waals surface area contributed by atoms with Crippen LogP contribution < -0.4 is 10.6 Å². The molecule has 2 N–H and O–H groups in total. The number of ether oxygens (including phenoxy) is 2. The number of carbonyl (C=O) groups is 2. The highest BCUT2D eigenvalue weighted by atomic mass is 35.5. The van der Waals surface area contributed by atoms with E-state index in [0.717, 1.165) is 6.54 Å². The molecule has 2 unspecified atom stereocenters. The summed E-state index contributed by atoms with van der Waals surface area (Å²) in [5, 5.41) is 18.4. The van der Waals surface area contributed by atoms with Crippen molar-refractivity contribution in [2.75, 3.05) is 13.7 Å². The normalized spacial score (nSPS) is 19.0. The SMILES string of the molecule is COC(=O)C1=C(C)NC(C)=C(C(=O)OCCC2NCc3ccccc32)C1c1c(Cl)cccc1[N+](=O)[O-]. The van der Waals surface area contributed by atoms with Crippen molar-refractivity contribution < 1.29 is 24.0 Å². The molecule has 0 fully saturated rings. The molecule has 36 heavy (non-hydrogen) atoms. The molecule has 2 aliphatic heterocycles. The molecule has 0 saturated heterocycles. The molecule has 0 amide bonds. The lowest BCUT2D eigenvalue weighted by Gasteiger charge is -2.30. The number of carbonyl (C=O) groups excluding carboxylic acids is 2. The lowest BCUT2D eigenvalue weighted by Crippen LogP contribution is -2.33. The molecule has 4 rings (SSSR count). The van der Waals surface area contributed by atoms with Crippen LogP contribution in [0.5, 0.6) is 0 Å². The fourth-order valence-electron chi connectivity index (χ4n) is 4.89. The van der Waals surface area contributed by atoms with Crippen molar-refractivity contribution in [1.82, 2.24) is 10.6 Å². The second kappa shape index (κ2) is 10.5. The number of benzene rings is 2. The minimum atomic E-state index is -1.15. The summed E-state index contributed by atoms with van der Waals surface area (Å²) in [5.41, 5.74) is 3.03. The molecule has 188 valence electrons. The van der Waals surface area contributed by atoms with Crippen LogP contribution in [0.15, 0.2) is 65.0 Å². The molecule has 0 aliphatic carbocycles. The summed E-state index contributed by atoms with van der Waals surface area (Å²) in [6.07, 6.45) is 0.540. The molecule has 10 heteroatoms. The van der Waals surface area contributed by atoms with Crippen LogP contribution in [-0.2, 0) is 25.6 Å². The number of nitro groups is 1. The van der Waals surface area contributed by atoms with Gasteiger partial charge in [-0.3, -0.25) is 10.1 Å². The number of dihydropyridines is 1. The van der Waals surface area contributed by atoms with E-state index in [1.165, 1.54) is 36.4 Å². The number of allylic oxidation sites excluding steroid dienone is 2. The predicted octanol–water partition coefficient (Wildman–Crippen LogP) is 4.43. The number of nitrogens with zero attached hydrogens (tertiary/aromatic N) is 1. The lowest BCUT2D eigenvalue weighted by molar-refractivity contribution is -0.385. The molecule has 2 aliphatic rings. The first-order chi connectivity index (χ1) is 17.2. The zero-order valence-electron chi connectivity index (χ0n) is 20.1. The van der Waals surface area contributed by atoms with Crippen LogP contribution in [-0.4, -0.2) is 30.6 Å². The Morgan fingerprint density at radius 1 is 1.08 bits per heavy atom. The van der Waals surface area contributed by atoms with Crippen LogP contribution in [0.4, 0.5) is 5.69 Å². The number of halogens is 1. The van der Waals surface area contributed by atoms with Crippen LogP contribution in [0.1, 0.15) is 48.9 Å². The van der Waals surface area contributed by atoms with Gasteiger partial charge in [0.1, 0.15) is 0 Å². The zero-order chi connectivity index (χ0) is 26.0. The molecule has 0 spiro atoms. The average Bonchev–Trinajstić information content (AvgIpc) is 3.26. The highest BCUT2D eigenvalue weighted by molar-refractivity contribution is 6.32. The first-order valence-electron chi connectivity index (χ1n) is 11.4. The molecule has 0 bridgehead atoms. The fourth-order valence-corrected chi connectivity index (χ4v) is 5.17. The van der Waals surface area contributed by atoms with Gasteiger partial charge >= 0.3 is 11.9 Å². The summed E-state index contributed by atoms with van der Waals surface area (Å²) >= 11 is 6.44. The van der Waals surface area contributed by atoms with Crippen molar-refractivity contribution in [3.8, 4) is 0 Å². The third-order valence-electron chi connectivity index (χ3n) is 6.51. The van der Waals surface area contributed by atoms with Gasteiger partial charge in [-0.1, -0.05) is 41.9 Å². The van der Waals surface area contributed by atoms with Crippen molar-refractivity contribution in [1.29, 1.82) is 0 Å². The van der Waals surface area contributed by atoms with E-state index in [1.807, 2.05) is 18.2 Å². The molecule has 0 aromatic heterocycles. The number of methoxy groups -OCH3 is 1. The monoisotopic (exact) mass is 511 g/mol. The third-order valence-corrected chi connectivity index (χ3v) is 6.84. The van der Waals surface area contributed by atoms with Crippen LogP contribution >= 0.6 is 11.6 Å². The molecular weight excluding hydrogens is 486 g/mol. The van der Waals surface area contributed by atoms with Gasteiger partial charge in [0.05, 0.1) is 46.3 Å². The van der Waals surface area contributed by atoms with Crippen molar-refractivity contribution in [3.63, 3.8) is 0 Å². The third kappa shape index (κ3) is 4.72. The van der Waals surface area contributed by atoms with Crippen LogP contribution in [0, 0.1) is 10.1 Å². The number of rotatable bonds is 7. The highest BCUT2D eigenvalue weighted by Crippen LogP contribution is 2.45. The van der Waals surface area contributed by atoms with Crippen LogP contribution in [0.25, 0.3) is 0 Å². The van der Waals surface area contributed by atoms with Gasteiger partial charge in [0.2, 0.25) is 0 Å². The molecule has 9 nitrogen and oxygen atoms in total. The molecule has 2 heterocycles. The first-order valence-corrected chi connectivity index (χ1v) is 11.8. The van der Waals surface area contributed by atoms with Gasteiger partial charge in [0, 0.05) is 36.5 Å². The van der Waals surface area contributed by atoms with Gasteiger partial charge in [-0.2, -0.15) is 0 Å². The Morgan fingerprint density at radius 3 is 2.47 bits per heavy atom. The number of fused-ring (bicyclic) bond motifs is 1. The van der Waals surface area contributed by atoms with Gasteiger partial charge in [0.15, 0.2) is 0 Å². The Kier molecular flexibility index (Phi) is 7.42. The molecule has 2 aromatic rings. The van der Waals surface area contributed by atoms with E-state index in [-0.39, 0.29) is 40.1 Å². The van der Waals surface area contributed by atoms with Gasteiger partial charge in [-0.25, -0.2) is 9.59 Å². The number of hydrogen-bond acceptors (Lipinski definition) is 8. The topological polar surface area (TPSA) is 120 Å². The second-order valence-electron chi connectivity index (χ2n) is 8.61. The van der Waals surface area contributed by atoms with E-state index >= 15 is 0 Å². The maximum absolute atomic E-state index is 13.4. The van der Waals surface area contributed by atoms with Gasteiger partial charge in [-0.15, -0.1) is 0 Å². The Labute approximate surface area is 213 Å². The van der Waals surface area contributed by atoms with Gasteiger partial charge in [-0.05, 0) is 31.0 Å². The minimum Gasteiger partial charge on any atom is -0.466 e. The summed E-state index contributed by atoms with van der Waals surface area (Å²) in [6, 6.07) is 12.3. The lowest BCUT2D eigenvalue weighted by atomic mass is 9.79. The number of hydrogen-bond donors (Lipinski definition) is 2. The molecular formula is C26H26ClN3O6. The predicted molar refractivity (Wildman–Crippen MR) is 133 cm³/mol. The average molecular weight is 512 g/mol. The molecule has 0 radical (unpaired) electrons. The van der Waals surface area contributed by atoms with Crippen LogP contribution in [0.3, 0.4) is 0 Å². The summed E-state index contributed by atoms with van der Waals surface area (Å²) in [6.45, 7) is 4.14. The van der Waals surface area contributed by atoms with Crippen molar-refractivity contribution in [3.05, 3.63) is 96.8 Å². The maximum atomic E-state index is 13.4. The van der Waals surface area contributed by atoms with E-state index in [1.54, 1.807) is 13.8 Å². The standard InChI is InChI=1S/C26H26ClN3O6/c1-14-21(25(31)35-3)24(23-18(27)9-6-10-20(23)30(33)34)22(15(2)29-14)26(32)36-12-11-19-17-8-5-4-7-16(17)13-28-19/h4-10,19,24,28-29H,11-13H2,1-3H3. The van der Waals surface area contributed by atoms with E-state index in [2.05, 4.69) is 16.7 Å². The fraction of sp³-hybridized carbons (Fsp3) is 0.308. The second-order valence-corrected chi connectivity index (χ2v) is 9.02. The Hall–Kier alpha value is -3.69. The van der Waals surface area contributed by atoms with E-state index in [0.29, 0.717) is 17.8 Å². The van der Waals surface area contributed by atoms with Gasteiger partial charge < -0.3 is 20.1 Å². The molecule has 0 saturated carbocycles.